The first-order valence-corrected chi connectivity index (χ1v) is 12.0. The van der Waals surface area contributed by atoms with Crippen molar-refractivity contribution in [2.45, 2.75) is 25.8 Å². The summed E-state index contributed by atoms with van der Waals surface area (Å²) in [5.74, 6) is 5.45. The molecular weight excluding hydrogens is 459 g/mol. The van der Waals surface area contributed by atoms with E-state index in [1.807, 2.05) is 6.08 Å². The van der Waals surface area contributed by atoms with Gasteiger partial charge in [-0.15, -0.1) is 0 Å². The first-order valence-electron chi connectivity index (χ1n) is 10.5. The van der Waals surface area contributed by atoms with Gasteiger partial charge in [0.05, 0.1) is 11.5 Å². The van der Waals surface area contributed by atoms with Crippen LogP contribution in [0.4, 0.5) is 5.69 Å². The van der Waals surface area contributed by atoms with Crippen LogP contribution in [-0.4, -0.2) is 23.5 Å². The molecule has 0 amide bonds. The Balaban J connectivity index is 1.89. The van der Waals surface area contributed by atoms with E-state index in [2.05, 4.69) is 16.9 Å². The maximum Gasteiger partial charge on any atom is 0.513 e. The van der Waals surface area contributed by atoms with Gasteiger partial charge < -0.3 is 13.8 Å². The molecule has 1 unspecified atom stereocenters. The van der Waals surface area contributed by atoms with Crippen molar-refractivity contribution >= 4 is 19.4 Å². The predicted molar refractivity (Wildman–Crippen MR) is 126 cm³/mol. The zero-order valence-electron chi connectivity index (χ0n) is 18.4. The van der Waals surface area contributed by atoms with E-state index in [0.717, 1.165) is 5.57 Å². The van der Waals surface area contributed by atoms with Crippen LogP contribution in [0.3, 0.4) is 0 Å². The normalized spacial score (nSPS) is 14.9. The number of esters is 1. The van der Waals surface area contributed by atoms with E-state index in [1.54, 1.807) is 49.4 Å². The van der Waals surface area contributed by atoms with Crippen LogP contribution in [0.15, 0.2) is 78.4 Å². The molecular formula is C24H23N2O7P. The first-order chi connectivity index (χ1) is 16.4. The number of nitro groups is 1. The fraction of sp³-hybridized carbons (Fsp3) is 0.208. The summed E-state index contributed by atoms with van der Waals surface area (Å²) in [4.78, 5) is 23.1. The number of carbonyl (C=O) groups excluding carboxylic acids is 1. The third-order valence-electron chi connectivity index (χ3n) is 4.52. The maximum absolute atomic E-state index is 13.8. The molecule has 0 aliphatic heterocycles. The number of rotatable bonds is 11. The minimum atomic E-state index is -4.22. The molecule has 2 aromatic carbocycles. The molecule has 0 radical (unpaired) electrons. The van der Waals surface area contributed by atoms with Gasteiger partial charge in [0.25, 0.3) is 5.69 Å². The fourth-order valence-corrected chi connectivity index (χ4v) is 4.50. The van der Waals surface area contributed by atoms with Crippen molar-refractivity contribution < 1.29 is 28.1 Å². The Morgan fingerprint density at radius 3 is 2.47 bits per heavy atom. The predicted octanol–water partition coefficient (Wildman–Crippen LogP) is 4.96. The summed E-state index contributed by atoms with van der Waals surface area (Å²) in [5.41, 5.74) is 0.627. The van der Waals surface area contributed by atoms with Crippen LogP contribution in [-0.2, 0) is 14.1 Å². The molecule has 0 bridgehead atoms. The second-order valence-electron chi connectivity index (χ2n) is 7.02. The topological polar surface area (TPSA) is 117 Å². The van der Waals surface area contributed by atoms with Crippen LogP contribution in [0.25, 0.3) is 0 Å². The Labute approximate surface area is 197 Å². The number of hydrogen-bond donors (Lipinski definition) is 1. The number of non-ortho nitro benzene ring substituents is 1. The molecule has 0 fully saturated rings. The van der Waals surface area contributed by atoms with Gasteiger partial charge in [-0.3, -0.25) is 14.9 Å². The van der Waals surface area contributed by atoms with E-state index in [0.29, 0.717) is 6.42 Å². The highest BCUT2D eigenvalue weighted by molar-refractivity contribution is 7.52. The third kappa shape index (κ3) is 7.34. The average Bonchev–Trinajstić information content (AvgIpc) is 3.08. The maximum atomic E-state index is 13.8. The first kappa shape index (κ1) is 24.8. The van der Waals surface area contributed by atoms with Gasteiger partial charge in [0.15, 0.2) is 0 Å². The lowest BCUT2D eigenvalue weighted by Crippen LogP contribution is -2.38. The summed E-state index contributed by atoms with van der Waals surface area (Å²) in [6.07, 6.45) is 5.97. The summed E-state index contributed by atoms with van der Waals surface area (Å²) in [6, 6.07) is 12.3. The summed E-state index contributed by atoms with van der Waals surface area (Å²) in [5, 5.41) is 13.6. The van der Waals surface area contributed by atoms with Crippen LogP contribution >= 0.6 is 7.75 Å². The van der Waals surface area contributed by atoms with Crippen LogP contribution < -0.4 is 14.1 Å². The molecule has 0 saturated carbocycles. The molecule has 34 heavy (non-hydrogen) atoms. The van der Waals surface area contributed by atoms with Crippen molar-refractivity contribution in [2.24, 2.45) is 0 Å². The van der Waals surface area contributed by atoms with Crippen molar-refractivity contribution in [1.82, 2.24) is 5.09 Å². The van der Waals surface area contributed by atoms with Crippen LogP contribution in [0, 0.1) is 22.0 Å². The summed E-state index contributed by atoms with van der Waals surface area (Å²) in [7, 11) is -4.22. The zero-order chi connectivity index (χ0) is 24.4. The van der Waals surface area contributed by atoms with Crippen LogP contribution in [0.2, 0.25) is 0 Å². The average molecular weight is 482 g/mol. The standard InChI is InChI=1S/C24H23N2O7P/c1-2-31-24(27)23(18-19-10-6-3-4-7-11-19)25-34(30,32-21-12-8-5-9-13-21)33-22-16-14-20(15-17-22)26(28)29/h5-6,8-17,23H,2,7,18H2,1H3,(H,25,30)/t23-,34?/m0/s1. The number of nitrogens with zero attached hydrogens (tertiary/aromatic N) is 1. The molecule has 0 saturated heterocycles. The lowest BCUT2D eigenvalue weighted by Gasteiger charge is -2.25. The number of nitrogens with one attached hydrogen (secondary N) is 1. The minimum absolute atomic E-state index is 0.0574. The highest BCUT2D eigenvalue weighted by atomic mass is 31.2. The lowest BCUT2D eigenvalue weighted by molar-refractivity contribution is -0.384. The van der Waals surface area contributed by atoms with Gasteiger partial charge in [0, 0.05) is 18.6 Å². The molecule has 10 heteroatoms. The Morgan fingerprint density at radius 1 is 1.15 bits per heavy atom. The molecule has 1 N–H and O–H groups in total. The van der Waals surface area contributed by atoms with Crippen molar-refractivity contribution in [3.8, 4) is 23.3 Å². The van der Waals surface area contributed by atoms with E-state index in [9.17, 15) is 19.5 Å². The van der Waals surface area contributed by atoms with Gasteiger partial charge >= 0.3 is 13.7 Å². The molecule has 176 valence electrons. The molecule has 0 heterocycles. The minimum Gasteiger partial charge on any atom is -0.465 e. The summed E-state index contributed by atoms with van der Waals surface area (Å²) in [6.45, 7) is 1.79. The smallest absolute Gasteiger partial charge is 0.465 e. The number of carbonyl (C=O) groups is 1. The van der Waals surface area contributed by atoms with Gasteiger partial charge in [-0.2, -0.15) is 5.09 Å². The number of hydrogen-bond acceptors (Lipinski definition) is 7. The number of allylic oxidation sites excluding steroid dienone is 3. The Morgan fingerprint density at radius 2 is 1.82 bits per heavy atom. The van der Waals surface area contributed by atoms with E-state index in [4.69, 9.17) is 13.8 Å². The highest BCUT2D eigenvalue weighted by Gasteiger charge is 2.36. The molecule has 1 aliphatic rings. The fourth-order valence-electron chi connectivity index (χ4n) is 2.98. The van der Waals surface area contributed by atoms with Gasteiger partial charge in [0.2, 0.25) is 0 Å². The third-order valence-corrected chi connectivity index (χ3v) is 6.05. The zero-order valence-corrected chi connectivity index (χ0v) is 19.3. The molecule has 0 spiro atoms. The summed E-state index contributed by atoms with van der Waals surface area (Å²) < 4.78 is 30.3. The van der Waals surface area contributed by atoms with E-state index < -0.39 is 24.7 Å². The highest BCUT2D eigenvalue weighted by Crippen LogP contribution is 2.46. The SMILES string of the molecule is CCOC(=O)[C@H](CC1=CCC#CC=C1)NP(=O)(Oc1ccccc1)Oc1ccc([N+](=O)[O-])cc1. The number of para-hydroxylation sites is 1. The van der Waals surface area contributed by atoms with Crippen LogP contribution in [0.5, 0.6) is 11.5 Å². The molecule has 9 nitrogen and oxygen atoms in total. The Kier molecular flexibility index (Phi) is 8.63. The largest absolute Gasteiger partial charge is 0.513 e. The molecule has 2 aromatic rings. The van der Waals surface area contributed by atoms with E-state index in [-0.39, 0.29) is 30.2 Å². The number of nitro benzene ring substituents is 1. The van der Waals surface area contributed by atoms with Gasteiger partial charge in [-0.25, -0.2) is 4.57 Å². The van der Waals surface area contributed by atoms with Gasteiger partial charge in [0.1, 0.15) is 17.5 Å². The van der Waals surface area contributed by atoms with Crippen molar-refractivity contribution in [3.63, 3.8) is 0 Å². The monoisotopic (exact) mass is 482 g/mol. The van der Waals surface area contributed by atoms with E-state index >= 15 is 0 Å². The van der Waals surface area contributed by atoms with Crippen molar-refractivity contribution in [1.29, 1.82) is 0 Å². The summed E-state index contributed by atoms with van der Waals surface area (Å²) >= 11 is 0. The van der Waals surface area contributed by atoms with Crippen LogP contribution in [0.1, 0.15) is 19.8 Å². The van der Waals surface area contributed by atoms with Crippen molar-refractivity contribution in [3.05, 3.63) is 88.5 Å². The second kappa shape index (κ2) is 11.8. The van der Waals surface area contributed by atoms with Gasteiger partial charge in [-0.1, -0.05) is 42.2 Å². The van der Waals surface area contributed by atoms with Crippen molar-refractivity contribution in [2.75, 3.05) is 6.61 Å². The number of ether oxygens (including phenoxy) is 1. The second-order valence-corrected chi connectivity index (χ2v) is 8.64. The lowest BCUT2D eigenvalue weighted by atomic mass is 10.1. The Hall–Kier alpha value is -3.86. The number of benzene rings is 2. The molecule has 1 aliphatic carbocycles. The molecule has 0 aromatic heterocycles. The molecule has 3 rings (SSSR count). The Bertz CT molecular complexity index is 1180. The molecule has 2 atom stereocenters. The van der Waals surface area contributed by atoms with E-state index in [1.165, 1.54) is 24.3 Å². The quantitative estimate of drug-likeness (QED) is 0.157. The van der Waals surface area contributed by atoms with Gasteiger partial charge in [-0.05, 0) is 49.3 Å².